The molecule has 0 spiro atoms. The molecule has 0 radical (unpaired) electrons. The molecule has 1 rings (SSSR count). The zero-order valence-electron chi connectivity index (χ0n) is 8.95. The van der Waals surface area contributed by atoms with E-state index in [9.17, 15) is 25.9 Å². The number of hydrogen-bond acceptors (Lipinski definition) is 7. The van der Waals surface area contributed by atoms with Crippen LogP contribution in [0.3, 0.4) is 0 Å². The van der Waals surface area contributed by atoms with Crippen LogP contribution in [0.4, 0.5) is 0 Å². The number of hydrogen-bond donors (Lipinski definition) is 1. The summed E-state index contributed by atoms with van der Waals surface area (Å²) in [4.78, 5) is -1.79. The van der Waals surface area contributed by atoms with E-state index in [0.29, 0.717) is 18.2 Å². The zero-order valence-corrected chi connectivity index (χ0v) is 14.6. The summed E-state index contributed by atoms with van der Waals surface area (Å²) >= 11 is 0. The second-order valence-electron chi connectivity index (χ2n) is 2.54. The van der Waals surface area contributed by atoms with Crippen LogP contribution in [0.1, 0.15) is 0 Å². The first kappa shape index (κ1) is 20.2. The fraction of sp³-hybridized carbons (Fsp3) is 0. The quantitative estimate of drug-likeness (QED) is 0.423. The molecule has 84 valence electrons. The van der Waals surface area contributed by atoms with Crippen molar-refractivity contribution in [3.8, 4) is 5.75 Å². The Bertz CT molecular complexity index is 593. The van der Waals surface area contributed by atoms with Gasteiger partial charge in [0.2, 0.25) is 0 Å². The molecule has 1 aromatic carbocycles. The molecular formula is C6H4Na2O7S2. The van der Waals surface area contributed by atoms with Crippen LogP contribution in [0, 0.1) is 0 Å². The molecule has 0 aliphatic rings. The smallest absolute Gasteiger partial charge is 0.744 e. The largest absolute Gasteiger partial charge is 1.00 e. The van der Waals surface area contributed by atoms with Crippen LogP contribution >= 0.6 is 0 Å². The fourth-order valence-electron chi connectivity index (χ4n) is 0.864. The average Bonchev–Trinajstić information content (AvgIpc) is 1.99. The van der Waals surface area contributed by atoms with E-state index in [1.165, 1.54) is 0 Å². The Kier molecular flexibility index (Phi) is 8.12. The van der Waals surface area contributed by atoms with Gasteiger partial charge in [-0.3, -0.25) is 0 Å². The van der Waals surface area contributed by atoms with Gasteiger partial charge in [-0.15, -0.1) is 0 Å². The monoisotopic (exact) mass is 298 g/mol. The summed E-state index contributed by atoms with van der Waals surface area (Å²) in [5.74, 6) is -1.07. The normalized spacial score (nSPS) is 11.2. The SMILES string of the molecule is O=S(=O)([O-])c1ccc(S(=O)(=O)[O-])c(O)c1.[Na+].[Na+]. The van der Waals surface area contributed by atoms with E-state index in [1.807, 2.05) is 0 Å². The van der Waals surface area contributed by atoms with Crippen molar-refractivity contribution < 1.29 is 90.2 Å². The van der Waals surface area contributed by atoms with Gasteiger partial charge in [-0.25, -0.2) is 16.8 Å². The summed E-state index contributed by atoms with van der Waals surface area (Å²) in [5.41, 5.74) is 0. The third-order valence-corrected chi connectivity index (χ3v) is 3.20. The second-order valence-corrected chi connectivity index (χ2v) is 5.27. The first-order chi connectivity index (χ1) is 6.62. The Balaban J connectivity index is 0. The molecule has 0 saturated carbocycles. The van der Waals surface area contributed by atoms with E-state index in [-0.39, 0.29) is 59.1 Å². The van der Waals surface area contributed by atoms with Gasteiger partial charge in [0.15, 0.2) is 0 Å². The van der Waals surface area contributed by atoms with Crippen molar-refractivity contribution in [3.63, 3.8) is 0 Å². The van der Waals surface area contributed by atoms with E-state index >= 15 is 0 Å². The maximum atomic E-state index is 10.5. The summed E-state index contributed by atoms with van der Waals surface area (Å²) < 4.78 is 62.8. The van der Waals surface area contributed by atoms with Gasteiger partial charge in [-0.2, -0.15) is 0 Å². The first-order valence-electron chi connectivity index (χ1n) is 3.37. The summed E-state index contributed by atoms with van der Waals surface area (Å²) in [5, 5.41) is 9.01. The predicted molar refractivity (Wildman–Crippen MR) is 44.0 cm³/mol. The van der Waals surface area contributed by atoms with Crippen molar-refractivity contribution in [3.05, 3.63) is 18.2 Å². The predicted octanol–water partition coefficient (Wildman–Crippen LogP) is -6.79. The van der Waals surface area contributed by atoms with Crippen LogP contribution < -0.4 is 59.1 Å². The van der Waals surface area contributed by atoms with Crippen LogP contribution in [-0.2, 0) is 20.2 Å². The summed E-state index contributed by atoms with van der Waals surface area (Å²) in [6.07, 6.45) is 0. The minimum Gasteiger partial charge on any atom is -0.744 e. The molecule has 17 heavy (non-hydrogen) atoms. The maximum absolute atomic E-state index is 10.5. The van der Waals surface area contributed by atoms with Crippen LogP contribution in [0.5, 0.6) is 5.75 Å². The Hall–Kier alpha value is 0.840. The van der Waals surface area contributed by atoms with Gasteiger partial charge in [0.1, 0.15) is 26.0 Å². The third kappa shape index (κ3) is 5.55. The molecular weight excluding hydrogens is 294 g/mol. The maximum Gasteiger partial charge on any atom is 1.00 e. The molecule has 0 bridgehead atoms. The van der Waals surface area contributed by atoms with Gasteiger partial charge in [0.05, 0.1) is 9.79 Å². The molecule has 1 N–H and O–H groups in total. The van der Waals surface area contributed by atoms with Crippen molar-refractivity contribution in [1.29, 1.82) is 0 Å². The van der Waals surface area contributed by atoms with Crippen molar-refractivity contribution in [2.45, 2.75) is 9.79 Å². The summed E-state index contributed by atoms with van der Waals surface area (Å²) in [7, 11) is -9.69. The van der Waals surface area contributed by atoms with Crippen molar-refractivity contribution in [1.82, 2.24) is 0 Å². The number of phenolic OH excluding ortho intramolecular Hbond substituents is 1. The minimum atomic E-state index is -4.89. The van der Waals surface area contributed by atoms with Gasteiger partial charge in [0, 0.05) is 0 Å². The standard InChI is InChI=1S/C6H6O7S2.2Na/c7-5-3-4(14(8,9)10)1-2-6(5)15(11,12)13;;/h1-3,7H,(H,8,9,10)(H,11,12,13);;/q;2*+1/p-2. The van der Waals surface area contributed by atoms with Crippen LogP contribution in [0.2, 0.25) is 0 Å². The van der Waals surface area contributed by atoms with Gasteiger partial charge >= 0.3 is 59.1 Å². The number of aromatic hydroxyl groups is 1. The molecule has 0 amide bonds. The van der Waals surface area contributed by atoms with E-state index in [1.54, 1.807) is 0 Å². The molecule has 0 aromatic heterocycles. The van der Waals surface area contributed by atoms with E-state index in [2.05, 4.69) is 0 Å². The van der Waals surface area contributed by atoms with Crippen molar-refractivity contribution in [2.75, 3.05) is 0 Å². The van der Waals surface area contributed by atoms with Gasteiger partial charge in [-0.1, -0.05) is 0 Å². The van der Waals surface area contributed by atoms with Gasteiger partial charge in [0.25, 0.3) is 0 Å². The molecule has 0 heterocycles. The molecule has 0 unspecified atom stereocenters. The number of rotatable bonds is 2. The van der Waals surface area contributed by atoms with Gasteiger partial charge < -0.3 is 14.2 Å². The molecule has 1 aromatic rings. The van der Waals surface area contributed by atoms with E-state index in [4.69, 9.17) is 5.11 Å². The van der Waals surface area contributed by atoms with Crippen molar-refractivity contribution in [2.24, 2.45) is 0 Å². The number of phenols is 1. The Morgan fingerprint density at radius 2 is 1.41 bits per heavy atom. The first-order valence-corrected chi connectivity index (χ1v) is 6.19. The van der Waals surface area contributed by atoms with E-state index < -0.39 is 35.8 Å². The molecule has 0 atom stereocenters. The molecule has 0 aliphatic heterocycles. The third-order valence-electron chi connectivity index (χ3n) is 1.49. The van der Waals surface area contributed by atoms with Crippen LogP contribution in [0.15, 0.2) is 28.0 Å². The van der Waals surface area contributed by atoms with E-state index in [0.717, 1.165) is 0 Å². The topological polar surface area (TPSA) is 135 Å². The van der Waals surface area contributed by atoms with Gasteiger partial charge in [-0.05, 0) is 18.2 Å². The molecule has 11 heteroatoms. The van der Waals surface area contributed by atoms with Crippen LogP contribution in [-0.4, -0.2) is 31.0 Å². The minimum absolute atomic E-state index is 0. The van der Waals surface area contributed by atoms with Crippen molar-refractivity contribution >= 4 is 20.2 Å². The molecule has 0 fully saturated rings. The Morgan fingerprint density at radius 1 is 0.941 bits per heavy atom. The Morgan fingerprint density at radius 3 is 1.71 bits per heavy atom. The van der Waals surface area contributed by atoms with Crippen LogP contribution in [0.25, 0.3) is 0 Å². The summed E-state index contributed by atoms with van der Waals surface area (Å²) in [6, 6.07) is 1.60. The molecule has 0 aliphatic carbocycles. The molecule has 7 nitrogen and oxygen atoms in total. The Labute approximate surface area is 142 Å². The second kappa shape index (κ2) is 6.85. The number of benzene rings is 1. The molecule has 0 saturated heterocycles. The fourth-order valence-corrected chi connectivity index (χ4v) is 1.90. The zero-order chi connectivity index (χ0) is 11.9. The average molecular weight is 298 g/mol. The summed E-state index contributed by atoms with van der Waals surface area (Å²) in [6.45, 7) is 0.